The number of nitrogen functional groups attached to an aromatic ring is 1. The van der Waals surface area contributed by atoms with Crippen molar-refractivity contribution in [3.8, 4) is 0 Å². The Bertz CT molecular complexity index is 423. The average molecular weight is 284 g/mol. The van der Waals surface area contributed by atoms with Gasteiger partial charge in [0.1, 0.15) is 5.82 Å². The molecule has 0 radical (unpaired) electrons. The van der Waals surface area contributed by atoms with Gasteiger partial charge in [-0.15, -0.1) is 0 Å². The molecule has 1 heterocycles. The molecule has 0 aliphatic carbocycles. The number of carbonyl (C=O) groups excluding carboxylic acids is 1. The highest BCUT2D eigenvalue weighted by molar-refractivity contribution is 6.33. The van der Waals surface area contributed by atoms with Crippen LogP contribution in [0.2, 0.25) is 5.02 Å². The van der Waals surface area contributed by atoms with Crippen molar-refractivity contribution in [3.63, 3.8) is 0 Å². The Morgan fingerprint density at radius 2 is 2.21 bits per heavy atom. The molecule has 4 nitrogen and oxygen atoms in total. The highest BCUT2D eigenvalue weighted by atomic mass is 35.5. The summed E-state index contributed by atoms with van der Waals surface area (Å²) in [5, 5.41) is 3.26. The normalized spacial score (nSPS) is 12.2. The van der Waals surface area contributed by atoms with Crippen LogP contribution in [0.5, 0.6) is 0 Å². The molecule has 1 aromatic heterocycles. The molecular formula is C14H22ClN3O. The molecule has 1 rings (SSSR count). The highest BCUT2D eigenvalue weighted by Crippen LogP contribution is 2.16. The molecule has 106 valence electrons. The van der Waals surface area contributed by atoms with Gasteiger partial charge in [-0.25, -0.2) is 4.98 Å². The fraction of sp³-hybridized carbons (Fsp3) is 0.571. The summed E-state index contributed by atoms with van der Waals surface area (Å²) in [6.07, 6.45) is 7.17. The van der Waals surface area contributed by atoms with Crippen molar-refractivity contribution < 1.29 is 4.79 Å². The van der Waals surface area contributed by atoms with Crippen LogP contribution in [-0.2, 0) is 0 Å². The molecule has 1 atom stereocenters. The monoisotopic (exact) mass is 283 g/mol. The minimum absolute atomic E-state index is 0.134. The largest absolute Gasteiger partial charge is 0.384 e. The maximum Gasteiger partial charge on any atom is 0.253 e. The fourth-order valence-electron chi connectivity index (χ4n) is 1.88. The Kier molecular flexibility index (Phi) is 6.64. The number of anilines is 1. The summed E-state index contributed by atoms with van der Waals surface area (Å²) < 4.78 is 0. The predicted molar refractivity (Wildman–Crippen MR) is 79.3 cm³/mol. The van der Waals surface area contributed by atoms with Crippen LogP contribution in [0, 0.1) is 0 Å². The van der Waals surface area contributed by atoms with Gasteiger partial charge in [-0.1, -0.05) is 44.2 Å². The maximum absolute atomic E-state index is 12.0. The van der Waals surface area contributed by atoms with Crippen molar-refractivity contribution in [1.82, 2.24) is 10.3 Å². The molecule has 5 heteroatoms. The lowest BCUT2D eigenvalue weighted by atomic mass is 10.1. The van der Waals surface area contributed by atoms with Crippen LogP contribution in [0.25, 0.3) is 0 Å². The number of hydrogen-bond donors (Lipinski definition) is 2. The molecule has 1 aromatic rings. The van der Waals surface area contributed by atoms with Crippen molar-refractivity contribution in [2.75, 3.05) is 5.73 Å². The predicted octanol–water partition coefficient (Wildman–Crippen LogP) is 3.41. The van der Waals surface area contributed by atoms with E-state index in [1.807, 2.05) is 6.92 Å². The third-order valence-corrected chi connectivity index (χ3v) is 3.29. The van der Waals surface area contributed by atoms with Crippen molar-refractivity contribution in [1.29, 1.82) is 0 Å². The first-order valence-electron chi connectivity index (χ1n) is 6.76. The van der Waals surface area contributed by atoms with Gasteiger partial charge in [-0.2, -0.15) is 0 Å². The number of amides is 1. The first-order valence-corrected chi connectivity index (χ1v) is 7.14. The summed E-state index contributed by atoms with van der Waals surface area (Å²) in [4.78, 5) is 15.9. The third kappa shape index (κ3) is 5.47. The van der Waals surface area contributed by atoms with Crippen molar-refractivity contribution >= 4 is 23.3 Å². The lowest BCUT2D eigenvalue weighted by Crippen LogP contribution is -2.32. The summed E-state index contributed by atoms with van der Waals surface area (Å²) in [6.45, 7) is 4.18. The van der Waals surface area contributed by atoms with Crippen LogP contribution >= 0.6 is 11.6 Å². The van der Waals surface area contributed by atoms with E-state index >= 15 is 0 Å². The van der Waals surface area contributed by atoms with Gasteiger partial charge in [0.25, 0.3) is 5.91 Å². The van der Waals surface area contributed by atoms with Gasteiger partial charge in [-0.05, 0) is 19.4 Å². The molecule has 3 N–H and O–H groups in total. The molecule has 0 fully saturated rings. The number of unbranched alkanes of at least 4 members (excludes halogenated alkanes) is 3. The van der Waals surface area contributed by atoms with Gasteiger partial charge >= 0.3 is 0 Å². The Labute approximate surface area is 119 Å². The molecule has 1 unspecified atom stereocenters. The van der Waals surface area contributed by atoms with Crippen molar-refractivity contribution in [2.45, 2.75) is 52.0 Å². The van der Waals surface area contributed by atoms with Crippen LogP contribution in [0.15, 0.2) is 12.3 Å². The van der Waals surface area contributed by atoms with Crippen molar-refractivity contribution in [3.05, 3.63) is 22.8 Å². The van der Waals surface area contributed by atoms with E-state index in [2.05, 4.69) is 17.2 Å². The van der Waals surface area contributed by atoms with Crippen LogP contribution in [0.1, 0.15) is 56.3 Å². The van der Waals surface area contributed by atoms with E-state index in [-0.39, 0.29) is 11.9 Å². The molecule has 0 saturated heterocycles. The van der Waals surface area contributed by atoms with Gasteiger partial charge in [0.15, 0.2) is 0 Å². The van der Waals surface area contributed by atoms with Crippen LogP contribution in [0.3, 0.4) is 0 Å². The summed E-state index contributed by atoms with van der Waals surface area (Å²) >= 11 is 5.94. The number of pyridine rings is 1. The molecular weight excluding hydrogens is 262 g/mol. The number of nitrogens with two attached hydrogens (primary N) is 1. The van der Waals surface area contributed by atoms with Crippen LogP contribution < -0.4 is 11.1 Å². The first kappa shape index (κ1) is 15.8. The maximum atomic E-state index is 12.0. The zero-order valence-corrected chi connectivity index (χ0v) is 12.3. The minimum Gasteiger partial charge on any atom is -0.384 e. The third-order valence-electron chi connectivity index (χ3n) is 2.99. The van der Waals surface area contributed by atoms with Gasteiger partial charge in [0, 0.05) is 12.2 Å². The number of halogens is 1. The number of nitrogens with one attached hydrogen (secondary N) is 1. The van der Waals surface area contributed by atoms with Gasteiger partial charge < -0.3 is 11.1 Å². The van der Waals surface area contributed by atoms with E-state index in [0.29, 0.717) is 16.4 Å². The Morgan fingerprint density at radius 1 is 1.47 bits per heavy atom. The molecule has 0 aliphatic rings. The topological polar surface area (TPSA) is 68.0 Å². The van der Waals surface area contributed by atoms with Gasteiger partial charge in [0.05, 0.1) is 10.6 Å². The first-order chi connectivity index (χ1) is 9.04. The number of rotatable bonds is 7. The lowest BCUT2D eigenvalue weighted by molar-refractivity contribution is 0.0938. The van der Waals surface area contributed by atoms with Crippen LogP contribution in [-0.4, -0.2) is 16.9 Å². The Balaban J connectivity index is 2.47. The summed E-state index contributed by atoms with van der Waals surface area (Å²) in [5.74, 6) is 0.104. The van der Waals surface area contributed by atoms with E-state index in [1.165, 1.54) is 31.5 Å². The molecule has 0 saturated carbocycles. The lowest BCUT2D eigenvalue weighted by Gasteiger charge is -2.14. The van der Waals surface area contributed by atoms with Crippen LogP contribution in [0.4, 0.5) is 5.82 Å². The second-order valence-electron chi connectivity index (χ2n) is 4.81. The zero-order valence-electron chi connectivity index (χ0n) is 11.6. The van der Waals surface area contributed by atoms with Gasteiger partial charge in [0.2, 0.25) is 0 Å². The molecule has 0 aliphatic heterocycles. The quantitative estimate of drug-likeness (QED) is 0.754. The summed E-state index contributed by atoms with van der Waals surface area (Å²) in [5.41, 5.74) is 5.94. The van der Waals surface area contributed by atoms with E-state index in [0.717, 1.165) is 12.8 Å². The van der Waals surface area contributed by atoms with E-state index in [9.17, 15) is 4.79 Å². The second kappa shape index (κ2) is 8.00. The molecule has 0 bridgehead atoms. The number of hydrogen-bond acceptors (Lipinski definition) is 3. The summed E-state index contributed by atoms with van der Waals surface area (Å²) in [7, 11) is 0. The van der Waals surface area contributed by atoms with Crippen molar-refractivity contribution in [2.24, 2.45) is 0 Å². The molecule has 0 spiro atoms. The smallest absolute Gasteiger partial charge is 0.253 e. The number of carbonyl (C=O) groups is 1. The molecule has 19 heavy (non-hydrogen) atoms. The average Bonchev–Trinajstić information content (AvgIpc) is 2.37. The number of nitrogens with zero attached hydrogens (tertiary/aromatic N) is 1. The minimum atomic E-state index is -0.193. The number of aromatic nitrogens is 1. The SMILES string of the molecule is CCCCCCC(C)NC(=O)c1cc(N)ncc1Cl. The molecule has 0 aromatic carbocycles. The standard InChI is InChI=1S/C14H22ClN3O/c1-3-4-5-6-7-10(2)18-14(19)11-8-13(16)17-9-12(11)15/h8-10H,3-7H2,1-2H3,(H2,16,17)(H,18,19). The molecule has 1 amide bonds. The van der Waals surface area contributed by atoms with Gasteiger partial charge in [-0.3, -0.25) is 4.79 Å². The van der Waals surface area contributed by atoms with E-state index < -0.39 is 0 Å². The van der Waals surface area contributed by atoms with E-state index in [4.69, 9.17) is 17.3 Å². The summed E-state index contributed by atoms with van der Waals surface area (Å²) in [6, 6.07) is 1.64. The highest BCUT2D eigenvalue weighted by Gasteiger charge is 2.13. The fourth-order valence-corrected chi connectivity index (χ4v) is 2.07. The Morgan fingerprint density at radius 3 is 2.89 bits per heavy atom. The van der Waals surface area contributed by atoms with E-state index in [1.54, 1.807) is 0 Å². The Hall–Kier alpha value is -1.29. The zero-order chi connectivity index (χ0) is 14.3. The second-order valence-corrected chi connectivity index (χ2v) is 5.22.